The Balaban J connectivity index is 1.87. The molecule has 0 saturated heterocycles. The van der Waals surface area contributed by atoms with Crippen molar-refractivity contribution in [2.75, 3.05) is 13.6 Å². The summed E-state index contributed by atoms with van der Waals surface area (Å²) in [6.45, 7) is 5.60. The second kappa shape index (κ2) is 8.17. The van der Waals surface area contributed by atoms with E-state index in [1.165, 1.54) is 17.0 Å². The number of rotatable bonds is 6. The van der Waals surface area contributed by atoms with Crippen LogP contribution in [0.2, 0.25) is 0 Å². The Labute approximate surface area is 152 Å². The molecular formula is C20H24FNO4. The summed E-state index contributed by atoms with van der Waals surface area (Å²) >= 11 is 0. The molecule has 0 bridgehead atoms. The van der Waals surface area contributed by atoms with Gasteiger partial charge in [0, 0.05) is 26.4 Å². The van der Waals surface area contributed by atoms with Gasteiger partial charge in [-0.3, -0.25) is 4.79 Å². The number of carbonyl (C=O) groups excluding carboxylic acids is 2. The Morgan fingerprint density at radius 1 is 1.12 bits per heavy atom. The lowest BCUT2D eigenvalue weighted by Gasteiger charge is -2.24. The van der Waals surface area contributed by atoms with Gasteiger partial charge in [0.1, 0.15) is 17.2 Å². The number of hydrogen-bond acceptors (Lipinski definition) is 4. The zero-order valence-corrected chi connectivity index (χ0v) is 15.5. The van der Waals surface area contributed by atoms with E-state index >= 15 is 0 Å². The average Bonchev–Trinajstić information content (AvgIpc) is 3.01. The highest BCUT2D eigenvalue weighted by atomic mass is 19.1. The zero-order chi connectivity index (χ0) is 19.3. The maximum Gasteiger partial charge on any atom is 0.410 e. The summed E-state index contributed by atoms with van der Waals surface area (Å²) in [6.07, 6.45) is 0.145. The molecule has 0 atom stereocenters. The van der Waals surface area contributed by atoms with Gasteiger partial charge in [0.15, 0.2) is 11.5 Å². The second-order valence-electron chi connectivity index (χ2n) is 7.14. The molecule has 0 aliphatic carbocycles. The average molecular weight is 361 g/mol. The van der Waals surface area contributed by atoms with Crippen LogP contribution in [0.3, 0.4) is 0 Å². The van der Waals surface area contributed by atoms with Crippen molar-refractivity contribution in [1.29, 1.82) is 0 Å². The summed E-state index contributed by atoms with van der Waals surface area (Å²) in [6, 6.07) is 9.47. The first-order valence-electron chi connectivity index (χ1n) is 8.44. The lowest BCUT2D eigenvalue weighted by atomic mass is 10.1. The summed E-state index contributed by atoms with van der Waals surface area (Å²) in [4.78, 5) is 25.5. The van der Waals surface area contributed by atoms with Crippen molar-refractivity contribution in [2.45, 2.75) is 39.2 Å². The first-order chi connectivity index (χ1) is 12.1. The normalized spacial score (nSPS) is 11.3. The molecule has 140 valence electrons. The van der Waals surface area contributed by atoms with E-state index in [2.05, 4.69) is 0 Å². The molecule has 0 aliphatic heterocycles. The van der Waals surface area contributed by atoms with Gasteiger partial charge < -0.3 is 14.1 Å². The van der Waals surface area contributed by atoms with Gasteiger partial charge in [-0.2, -0.15) is 0 Å². The van der Waals surface area contributed by atoms with E-state index < -0.39 is 11.7 Å². The van der Waals surface area contributed by atoms with Gasteiger partial charge in [-0.15, -0.1) is 0 Å². The number of furan rings is 1. The van der Waals surface area contributed by atoms with E-state index in [0.717, 1.165) is 5.56 Å². The van der Waals surface area contributed by atoms with Gasteiger partial charge in [-0.05, 0) is 50.6 Å². The molecule has 1 amide bonds. The third-order valence-corrected chi connectivity index (χ3v) is 3.61. The number of amides is 1. The number of benzene rings is 1. The van der Waals surface area contributed by atoms with E-state index in [4.69, 9.17) is 9.15 Å². The Kier molecular flexibility index (Phi) is 6.18. The largest absolute Gasteiger partial charge is 0.458 e. The third-order valence-electron chi connectivity index (χ3n) is 3.61. The minimum absolute atomic E-state index is 0.138. The van der Waals surface area contributed by atoms with Crippen LogP contribution >= 0.6 is 0 Å². The van der Waals surface area contributed by atoms with Gasteiger partial charge in [0.25, 0.3) is 0 Å². The topological polar surface area (TPSA) is 59.8 Å². The van der Waals surface area contributed by atoms with Gasteiger partial charge in [-0.1, -0.05) is 12.1 Å². The minimum Gasteiger partial charge on any atom is -0.458 e. The van der Waals surface area contributed by atoms with Crippen molar-refractivity contribution in [3.05, 3.63) is 59.3 Å². The number of Topliss-reactive ketones (excluding diaryl/α,β-unsaturated/α-hetero) is 1. The van der Waals surface area contributed by atoms with Gasteiger partial charge in [0.2, 0.25) is 0 Å². The molecule has 1 aromatic carbocycles. The van der Waals surface area contributed by atoms with Crippen molar-refractivity contribution in [3.63, 3.8) is 0 Å². The van der Waals surface area contributed by atoms with Crippen LogP contribution in [0, 0.1) is 5.82 Å². The molecule has 5 nitrogen and oxygen atoms in total. The lowest BCUT2D eigenvalue weighted by Crippen LogP contribution is -2.35. The molecule has 0 fully saturated rings. The zero-order valence-electron chi connectivity index (χ0n) is 15.5. The third kappa shape index (κ3) is 6.02. The molecule has 0 aliphatic rings. The number of halogens is 1. The first-order valence-corrected chi connectivity index (χ1v) is 8.44. The first kappa shape index (κ1) is 19.7. The fourth-order valence-corrected chi connectivity index (χ4v) is 2.25. The van der Waals surface area contributed by atoms with E-state index in [1.54, 1.807) is 52.1 Å². The summed E-state index contributed by atoms with van der Waals surface area (Å²) in [5.41, 5.74) is 0.315. The maximum atomic E-state index is 12.9. The quantitative estimate of drug-likeness (QED) is 0.713. The van der Waals surface area contributed by atoms with Crippen LogP contribution in [-0.4, -0.2) is 36.0 Å². The number of carbonyl (C=O) groups is 2. The Bertz CT molecular complexity index is 759. The maximum absolute atomic E-state index is 12.9. The molecule has 0 spiro atoms. The fourth-order valence-electron chi connectivity index (χ4n) is 2.25. The van der Waals surface area contributed by atoms with Crippen molar-refractivity contribution < 1.29 is 23.1 Å². The highest BCUT2D eigenvalue weighted by Crippen LogP contribution is 2.16. The Morgan fingerprint density at radius 3 is 2.38 bits per heavy atom. The minimum atomic E-state index is -0.578. The van der Waals surface area contributed by atoms with Crippen molar-refractivity contribution in [1.82, 2.24) is 4.90 Å². The van der Waals surface area contributed by atoms with Crippen LogP contribution in [0.25, 0.3) is 0 Å². The molecule has 1 aromatic heterocycles. The van der Waals surface area contributed by atoms with Crippen molar-refractivity contribution in [3.8, 4) is 0 Å². The highest BCUT2D eigenvalue weighted by Gasteiger charge is 2.20. The van der Waals surface area contributed by atoms with Crippen LogP contribution in [0.5, 0.6) is 0 Å². The van der Waals surface area contributed by atoms with Crippen molar-refractivity contribution >= 4 is 11.9 Å². The van der Waals surface area contributed by atoms with Gasteiger partial charge in [0.05, 0.1) is 0 Å². The smallest absolute Gasteiger partial charge is 0.410 e. The molecule has 26 heavy (non-hydrogen) atoms. The summed E-state index contributed by atoms with van der Waals surface area (Å²) in [5.74, 6) is 0.393. The van der Waals surface area contributed by atoms with E-state index in [9.17, 15) is 14.0 Å². The number of hydrogen-bond donors (Lipinski definition) is 0. The number of ketones is 1. The van der Waals surface area contributed by atoms with Crippen LogP contribution < -0.4 is 0 Å². The van der Waals surface area contributed by atoms with Gasteiger partial charge >= 0.3 is 6.09 Å². The summed E-state index contributed by atoms with van der Waals surface area (Å²) < 4.78 is 23.7. The highest BCUT2D eigenvalue weighted by molar-refractivity contribution is 5.93. The number of ether oxygens (including phenoxy) is 1. The molecule has 0 N–H and O–H groups in total. The molecule has 6 heteroatoms. The molecule has 0 radical (unpaired) electrons. The van der Waals surface area contributed by atoms with Crippen molar-refractivity contribution in [2.24, 2.45) is 0 Å². The monoisotopic (exact) mass is 361 g/mol. The van der Waals surface area contributed by atoms with E-state index in [0.29, 0.717) is 12.2 Å². The number of nitrogens with zero attached hydrogens (tertiary/aromatic N) is 1. The summed E-state index contributed by atoms with van der Waals surface area (Å²) in [7, 11) is 1.59. The molecule has 0 saturated carbocycles. The van der Waals surface area contributed by atoms with E-state index in [1.807, 2.05) is 0 Å². The predicted octanol–water partition coefficient (Wildman–Crippen LogP) is 4.45. The predicted molar refractivity (Wildman–Crippen MR) is 95.7 cm³/mol. The van der Waals surface area contributed by atoms with E-state index in [-0.39, 0.29) is 30.3 Å². The van der Waals surface area contributed by atoms with Gasteiger partial charge in [-0.25, -0.2) is 9.18 Å². The second-order valence-corrected chi connectivity index (χ2v) is 7.14. The van der Waals surface area contributed by atoms with Crippen LogP contribution in [0.1, 0.15) is 49.1 Å². The Morgan fingerprint density at radius 2 is 1.77 bits per heavy atom. The standard InChI is InChI=1S/C20H24FNO4/c1-20(2,3)26-19(24)22(4)12-11-17(23)18-10-9-16(25-18)13-14-5-7-15(21)8-6-14/h5-10H,11-13H2,1-4H3. The Hall–Kier alpha value is -2.63. The van der Waals surface area contributed by atoms with Crippen LogP contribution in [0.15, 0.2) is 40.8 Å². The molecule has 1 heterocycles. The van der Waals surface area contributed by atoms with Crippen LogP contribution in [0.4, 0.5) is 9.18 Å². The molecular weight excluding hydrogens is 337 g/mol. The fraction of sp³-hybridized carbons (Fsp3) is 0.400. The SMILES string of the molecule is CN(CCC(=O)c1ccc(Cc2ccc(F)cc2)o1)C(=O)OC(C)(C)C. The lowest BCUT2D eigenvalue weighted by molar-refractivity contribution is 0.0298. The summed E-state index contributed by atoms with van der Waals surface area (Å²) in [5, 5.41) is 0. The molecule has 2 aromatic rings. The van der Waals surface area contributed by atoms with Crippen LogP contribution in [-0.2, 0) is 11.2 Å². The molecule has 0 unspecified atom stereocenters. The molecule has 2 rings (SSSR count).